The van der Waals surface area contributed by atoms with E-state index in [1.165, 1.54) is 12.1 Å². The number of nitrogen functional groups attached to an aromatic ring is 1. The highest BCUT2D eigenvalue weighted by Crippen LogP contribution is 2.27. The summed E-state index contributed by atoms with van der Waals surface area (Å²) in [5.74, 6) is 0. The summed E-state index contributed by atoms with van der Waals surface area (Å²) in [6.07, 6.45) is 2.11. The van der Waals surface area contributed by atoms with Crippen molar-refractivity contribution in [3.63, 3.8) is 0 Å². The maximum Gasteiger partial charge on any atom is 0.244 e. The fourth-order valence-corrected chi connectivity index (χ4v) is 4.38. The number of sulfonamides is 1. The number of likely N-dealkylation sites (N-methyl/N-ethyl adjacent to an activating group) is 1. The van der Waals surface area contributed by atoms with Crippen LogP contribution in [-0.4, -0.2) is 39.0 Å². The third-order valence-electron chi connectivity index (χ3n) is 3.68. The molecule has 1 aliphatic rings. The SMILES string of the molecule is CCN1CCCC1CNS(=O)(=O)c1c(N)cccc1Cl. The van der Waals surface area contributed by atoms with E-state index in [0.717, 1.165) is 25.9 Å². The molecule has 2 rings (SSSR count). The first-order valence-electron chi connectivity index (χ1n) is 6.73. The summed E-state index contributed by atoms with van der Waals surface area (Å²) in [6, 6.07) is 4.94. The molecule has 1 atom stereocenters. The number of nitrogens with zero attached hydrogens (tertiary/aromatic N) is 1. The van der Waals surface area contributed by atoms with Crippen LogP contribution in [0.3, 0.4) is 0 Å². The predicted octanol–water partition coefficient (Wildman–Crippen LogP) is 1.68. The molecule has 1 aromatic carbocycles. The minimum absolute atomic E-state index is 0.0253. The van der Waals surface area contributed by atoms with Gasteiger partial charge in [-0.15, -0.1) is 0 Å². The second kappa shape index (κ2) is 6.30. The number of rotatable bonds is 5. The van der Waals surface area contributed by atoms with E-state index in [-0.39, 0.29) is 21.6 Å². The molecule has 1 saturated heterocycles. The van der Waals surface area contributed by atoms with E-state index in [2.05, 4.69) is 16.5 Å². The Hall–Kier alpha value is -0.820. The van der Waals surface area contributed by atoms with Gasteiger partial charge in [-0.2, -0.15) is 0 Å². The van der Waals surface area contributed by atoms with E-state index >= 15 is 0 Å². The van der Waals surface area contributed by atoms with Crippen LogP contribution in [0, 0.1) is 0 Å². The first-order valence-corrected chi connectivity index (χ1v) is 8.59. The van der Waals surface area contributed by atoms with E-state index in [1.807, 2.05) is 0 Å². The molecule has 1 aromatic rings. The summed E-state index contributed by atoms with van der Waals surface area (Å²) in [7, 11) is -3.67. The average molecular weight is 318 g/mol. The van der Waals surface area contributed by atoms with Crippen LogP contribution in [0.1, 0.15) is 19.8 Å². The number of hydrogen-bond acceptors (Lipinski definition) is 4. The largest absolute Gasteiger partial charge is 0.398 e. The maximum absolute atomic E-state index is 12.3. The zero-order valence-corrected chi connectivity index (χ0v) is 13.0. The first kappa shape index (κ1) is 15.6. The van der Waals surface area contributed by atoms with Crippen LogP contribution in [0.5, 0.6) is 0 Å². The molecular weight excluding hydrogens is 298 g/mol. The highest BCUT2D eigenvalue weighted by atomic mass is 35.5. The molecule has 0 bridgehead atoms. The Morgan fingerprint density at radius 1 is 1.50 bits per heavy atom. The van der Waals surface area contributed by atoms with Crippen LogP contribution < -0.4 is 10.5 Å². The van der Waals surface area contributed by atoms with Crippen molar-refractivity contribution < 1.29 is 8.42 Å². The third kappa shape index (κ3) is 3.25. The van der Waals surface area contributed by atoms with Gasteiger partial charge in [0.1, 0.15) is 4.90 Å². The first-order chi connectivity index (χ1) is 9.45. The number of halogens is 1. The lowest BCUT2D eigenvalue weighted by Crippen LogP contribution is -2.40. The smallest absolute Gasteiger partial charge is 0.244 e. The second-order valence-electron chi connectivity index (χ2n) is 4.93. The predicted molar refractivity (Wildman–Crippen MR) is 81.3 cm³/mol. The number of likely N-dealkylation sites (tertiary alicyclic amines) is 1. The van der Waals surface area contributed by atoms with E-state index in [1.54, 1.807) is 6.07 Å². The van der Waals surface area contributed by atoms with Gasteiger partial charge in [-0.1, -0.05) is 24.6 Å². The lowest BCUT2D eigenvalue weighted by atomic mass is 10.2. The van der Waals surface area contributed by atoms with Crippen molar-refractivity contribution in [3.05, 3.63) is 23.2 Å². The van der Waals surface area contributed by atoms with Gasteiger partial charge in [0.25, 0.3) is 0 Å². The van der Waals surface area contributed by atoms with Gasteiger partial charge in [0, 0.05) is 12.6 Å². The summed E-state index contributed by atoms with van der Waals surface area (Å²) in [5, 5.41) is 0.149. The van der Waals surface area contributed by atoms with Gasteiger partial charge in [0.05, 0.1) is 10.7 Å². The van der Waals surface area contributed by atoms with Crippen molar-refractivity contribution in [2.75, 3.05) is 25.4 Å². The zero-order valence-electron chi connectivity index (χ0n) is 11.5. The molecule has 7 heteroatoms. The lowest BCUT2D eigenvalue weighted by molar-refractivity contribution is 0.268. The number of hydrogen-bond donors (Lipinski definition) is 2. The van der Waals surface area contributed by atoms with Gasteiger partial charge in [0.15, 0.2) is 0 Å². The molecule has 0 amide bonds. The Labute approximate surface area is 125 Å². The van der Waals surface area contributed by atoms with Crippen LogP contribution in [-0.2, 0) is 10.0 Å². The van der Waals surface area contributed by atoms with Crippen LogP contribution in [0.2, 0.25) is 5.02 Å². The molecule has 0 radical (unpaired) electrons. The summed E-state index contributed by atoms with van der Waals surface area (Å²) >= 11 is 5.96. The number of benzene rings is 1. The Kier molecular flexibility index (Phi) is 4.90. The van der Waals surface area contributed by atoms with Gasteiger partial charge in [0.2, 0.25) is 10.0 Å². The average Bonchev–Trinajstić information content (AvgIpc) is 2.83. The van der Waals surface area contributed by atoms with Crippen molar-refractivity contribution in [1.29, 1.82) is 0 Å². The molecule has 1 aliphatic heterocycles. The van der Waals surface area contributed by atoms with Crippen LogP contribution in [0.4, 0.5) is 5.69 Å². The molecule has 0 aromatic heterocycles. The summed E-state index contributed by atoms with van der Waals surface area (Å²) in [6.45, 7) is 4.43. The van der Waals surface area contributed by atoms with Crippen molar-refractivity contribution in [2.45, 2.75) is 30.7 Å². The topological polar surface area (TPSA) is 75.4 Å². The monoisotopic (exact) mass is 317 g/mol. The van der Waals surface area contributed by atoms with Crippen molar-refractivity contribution >= 4 is 27.3 Å². The Bertz CT molecular complexity index is 557. The Morgan fingerprint density at radius 3 is 2.90 bits per heavy atom. The minimum Gasteiger partial charge on any atom is -0.398 e. The molecule has 0 spiro atoms. The minimum atomic E-state index is -3.67. The molecule has 1 unspecified atom stereocenters. The lowest BCUT2D eigenvalue weighted by Gasteiger charge is -2.23. The highest BCUT2D eigenvalue weighted by molar-refractivity contribution is 7.89. The second-order valence-corrected chi connectivity index (χ2v) is 7.05. The summed E-state index contributed by atoms with van der Waals surface area (Å²) in [4.78, 5) is 2.25. The van der Waals surface area contributed by atoms with E-state index in [0.29, 0.717) is 6.54 Å². The Morgan fingerprint density at radius 2 is 2.25 bits per heavy atom. The zero-order chi connectivity index (χ0) is 14.8. The number of nitrogens with one attached hydrogen (secondary N) is 1. The molecule has 1 fully saturated rings. The van der Waals surface area contributed by atoms with Gasteiger partial charge in [-0.25, -0.2) is 13.1 Å². The molecule has 112 valence electrons. The molecular formula is C13H20ClN3O2S. The van der Waals surface area contributed by atoms with Crippen molar-refractivity contribution in [3.8, 4) is 0 Å². The van der Waals surface area contributed by atoms with Crippen molar-refractivity contribution in [2.24, 2.45) is 0 Å². The fourth-order valence-electron chi connectivity index (χ4n) is 2.63. The fraction of sp³-hybridized carbons (Fsp3) is 0.538. The quantitative estimate of drug-likeness (QED) is 0.810. The maximum atomic E-state index is 12.3. The van der Waals surface area contributed by atoms with Crippen LogP contribution in [0.15, 0.2) is 23.1 Å². The molecule has 3 N–H and O–H groups in total. The van der Waals surface area contributed by atoms with E-state index < -0.39 is 10.0 Å². The molecule has 1 heterocycles. The molecule has 0 aliphatic carbocycles. The number of anilines is 1. The van der Waals surface area contributed by atoms with Gasteiger partial charge in [-0.05, 0) is 38.1 Å². The highest BCUT2D eigenvalue weighted by Gasteiger charge is 2.26. The number of nitrogens with two attached hydrogens (primary N) is 1. The molecule has 5 nitrogen and oxygen atoms in total. The normalized spacial score (nSPS) is 20.4. The van der Waals surface area contributed by atoms with Gasteiger partial charge >= 0.3 is 0 Å². The third-order valence-corrected chi connectivity index (χ3v) is 5.65. The van der Waals surface area contributed by atoms with E-state index in [4.69, 9.17) is 17.3 Å². The van der Waals surface area contributed by atoms with Crippen molar-refractivity contribution in [1.82, 2.24) is 9.62 Å². The van der Waals surface area contributed by atoms with Crippen LogP contribution in [0.25, 0.3) is 0 Å². The van der Waals surface area contributed by atoms with E-state index in [9.17, 15) is 8.42 Å². The summed E-state index contributed by atoms with van der Waals surface area (Å²) < 4.78 is 27.3. The van der Waals surface area contributed by atoms with Crippen LogP contribution >= 0.6 is 11.6 Å². The Balaban J connectivity index is 2.12. The standard InChI is InChI=1S/C13H20ClN3O2S/c1-2-17-8-4-5-10(17)9-16-20(18,19)13-11(14)6-3-7-12(13)15/h3,6-7,10,16H,2,4-5,8-9,15H2,1H3. The van der Waals surface area contributed by atoms with Gasteiger partial charge in [-0.3, -0.25) is 4.90 Å². The van der Waals surface area contributed by atoms with Gasteiger partial charge < -0.3 is 5.73 Å². The summed E-state index contributed by atoms with van der Waals surface area (Å²) in [5.41, 5.74) is 5.90. The molecule has 0 saturated carbocycles. The molecule has 20 heavy (non-hydrogen) atoms.